The molecule has 1 rings (SSSR count). The molecule has 0 spiro atoms. The number of hydrogen-bond donors (Lipinski definition) is 0. The van der Waals surface area contributed by atoms with E-state index in [9.17, 15) is 4.79 Å². The fraction of sp³-hybridized carbons (Fsp3) is 0.375. The van der Waals surface area contributed by atoms with E-state index in [1.807, 2.05) is 0 Å². The van der Waals surface area contributed by atoms with Gasteiger partial charge in [-0.2, -0.15) is 0 Å². The Morgan fingerprint density at radius 2 is 2.50 bits per heavy atom. The average Bonchev–Trinajstić information content (AvgIpc) is 2.06. The number of aromatic nitrogens is 2. The molecule has 1 heterocycles. The minimum absolute atomic E-state index is 0.0243. The van der Waals surface area contributed by atoms with Crippen LogP contribution >= 0.6 is 0 Å². The molecule has 4 nitrogen and oxygen atoms in total. The lowest BCUT2D eigenvalue weighted by atomic mass is 10.2. The largest absolute Gasteiger partial charge is 0.377 e. The van der Waals surface area contributed by atoms with Gasteiger partial charge in [-0.1, -0.05) is 0 Å². The highest BCUT2D eigenvalue weighted by atomic mass is 16.5. The summed E-state index contributed by atoms with van der Waals surface area (Å²) < 4.78 is 4.68. The summed E-state index contributed by atoms with van der Waals surface area (Å²) in [5.41, 5.74) is 0.729. The zero-order valence-electron chi connectivity index (χ0n) is 6.86. The molecule has 0 atom stereocenters. The van der Waals surface area contributed by atoms with Gasteiger partial charge in [-0.3, -0.25) is 4.79 Å². The van der Waals surface area contributed by atoms with E-state index in [1.54, 1.807) is 12.3 Å². The average molecular weight is 166 g/mol. The van der Waals surface area contributed by atoms with Crippen LogP contribution in [0.25, 0.3) is 0 Å². The molecule has 0 aliphatic rings. The van der Waals surface area contributed by atoms with Crippen molar-refractivity contribution >= 4 is 5.78 Å². The van der Waals surface area contributed by atoms with Gasteiger partial charge in [-0.05, 0) is 6.07 Å². The molecule has 0 amide bonds. The lowest BCUT2D eigenvalue weighted by molar-refractivity contribution is -0.122. The number of nitrogens with zero attached hydrogens (tertiary/aromatic N) is 2. The fourth-order valence-electron chi connectivity index (χ4n) is 0.837. The van der Waals surface area contributed by atoms with E-state index < -0.39 is 0 Å². The Balaban J connectivity index is 2.47. The van der Waals surface area contributed by atoms with E-state index in [4.69, 9.17) is 0 Å². The number of carbonyl (C=O) groups excluding carboxylic acids is 1. The maximum atomic E-state index is 11.0. The summed E-state index contributed by atoms with van der Waals surface area (Å²) in [7, 11) is 1.50. The third kappa shape index (κ3) is 2.75. The smallest absolute Gasteiger partial charge is 0.164 e. The molecule has 0 N–H and O–H groups in total. The summed E-state index contributed by atoms with van der Waals surface area (Å²) in [6.45, 7) is 0.143. The van der Waals surface area contributed by atoms with Gasteiger partial charge in [0, 0.05) is 13.3 Å². The van der Waals surface area contributed by atoms with E-state index >= 15 is 0 Å². The topological polar surface area (TPSA) is 52.1 Å². The van der Waals surface area contributed by atoms with Crippen LogP contribution in [-0.4, -0.2) is 29.5 Å². The first-order chi connectivity index (χ1) is 5.83. The van der Waals surface area contributed by atoms with Crippen LogP contribution in [0.2, 0.25) is 0 Å². The summed E-state index contributed by atoms with van der Waals surface area (Å²) in [6.07, 6.45) is 3.36. The van der Waals surface area contributed by atoms with Crippen molar-refractivity contribution in [1.29, 1.82) is 0 Å². The lowest BCUT2D eigenvalue weighted by Gasteiger charge is -1.97. The van der Waals surface area contributed by atoms with E-state index in [0.717, 1.165) is 5.69 Å². The maximum Gasteiger partial charge on any atom is 0.164 e. The highest BCUT2D eigenvalue weighted by Crippen LogP contribution is 1.93. The van der Waals surface area contributed by atoms with Gasteiger partial charge in [0.2, 0.25) is 0 Å². The van der Waals surface area contributed by atoms with Crippen LogP contribution in [0.15, 0.2) is 18.6 Å². The molecular formula is C8H10N2O2. The van der Waals surface area contributed by atoms with Crippen molar-refractivity contribution in [3.63, 3.8) is 0 Å². The summed E-state index contributed by atoms with van der Waals surface area (Å²) >= 11 is 0. The van der Waals surface area contributed by atoms with Crippen LogP contribution in [0.3, 0.4) is 0 Å². The molecule has 0 saturated heterocycles. The van der Waals surface area contributed by atoms with E-state index in [2.05, 4.69) is 14.7 Å². The van der Waals surface area contributed by atoms with E-state index in [-0.39, 0.29) is 12.4 Å². The Bertz CT molecular complexity index is 248. The summed E-state index contributed by atoms with van der Waals surface area (Å²) in [5, 5.41) is 0. The number of ether oxygens (including phenoxy) is 1. The Morgan fingerprint density at radius 3 is 3.08 bits per heavy atom. The molecule has 1 aromatic heterocycles. The third-order valence-corrected chi connectivity index (χ3v) is 1.33. The summed E-state index contributed by atoms with van der Waals surface area (Å²) in [4.78, 5) is 18.7. The monoisotopic (exact) mass is 166 g/mol. The normalized spacial score (nSPS) is 9.75. The van der Waals surface area contributed by atoms with Crippen LogP contribution in [0.1, 0.15) is 5.69 Å². The maximum absolute atomic E-state index is 11.0. The number of hydrogen-bond acceptors (Lipinski definition) is 4. The second kappa shape index (κ2) is 4.56. The van der Waals surface area contributed by atoms with Crippen molar-refractivity contribution < 1.29 is 9.53 Å². The Morgan fingerprint density at radius 1 is 1.67 bits per heavy atom. The lowest BCUT2D eigenvalue weighted by Crippen LogP contribution is -2.10. The molecular weight excluding hydrogens is 156 g/mol. The van der Waals surface area contributed by atoms with Crippen molar-refractivity contribution in [1.82, 2.24) is 9.97 Å². The SMILES string of the molecule is COCC(=O)Cc1ccncn1. The molecule has 0 radical (unpaired) electrons. The number of methoxy groups -OCH3 is 1. The zero-order valence-corrected chi connectivity index (χ0v) is 6.86. The summed E-state index contributed by atoms with van der Waals surface area (Å²) in [5.74, 6) is 0.0243. The van der Waals surface area contributed by atoms with Gasteiger partial charge in [-0.25, -0.2) is 9.97 Å². The van der Waals surface area contributed by atoms with Gasteiger partial charge in [0.05, 0.1) is 12.1 Å². The highest BCUT2D eigenvalue weighted by molar-refractivity contribution is 5.81. The van der Waals surface area contributed by atoms with Gasteiger partial charge in [0.25, 0.3) is 0 Å². The second-order valence-electron chi connectivity index (χ2n) is 2.35. The van der Waals surface area contributed by atoms with Gasteiger partial charge in [-0.15, -0.1) is 0 Å². The fourth-order valence-corrected chi connectivity index (χ4v) is 0.837. The van der Waals surface area contributed by atoms with Gasteiger partial charge in [0.1, 0.15) is 12.9 Å². The quantitative estimate of drug-likeness (QED) is 0.642. The molecule has 0 aliphatic carbocycles. The first-order valence-electron chi connectivity index (χ1n) is 3.58. The Hall–Kier alpha value is -1.29. The van der Waals surface area contributed by atoms with Crippen LogP contribution in [0.5, 0.6) is 0 Å². The highest BCUT2D eigenvalue weighted by Gasteiger charge is 2.02. The van der Waals surface area contributed by atoms with Crippen molar-refractivity contribution in [3.8, 4) is 0 Å². The van der Waals surface area contributed by atoms with Crippen LogP contribution in [0.4, 0.5) is 0 Å². The minimum Gasteiger partial charge on any atom is -0.377 e. The molecule has 0 aromatic carbocycles. The molecule has 64 valence electrons. The van der Waals surface area contributed by atoms with E-state index in [1.165, 1.54) is 13.4 Å². The Labute approximate surface area is 70.6 Å². The molecule has 12 heavy (non-hydrogen) atoms. The van der Waals surface area contributed by atoms with Crippen LogP contribution < -0.4 is 0 Å². The van der Waals surface area contributed by atoms with Crippen LogP contribution in [-0.2, 0) is 16.0 Å². The molecule has 0 unspecified atom stereocenters. The number of ketones is 1. The molecule has 0 fully saturated rings. The van der Waals surface area contributed by atoms with Gasteiger partial charge in [0.15, 0.2) is 5.78 Å². The van der Waals surface area contributed by atoms with Gasteiger partial charge < -0.3 is 4.74 Å². The number of Topliss-reactive ketones (excluding diaryl/α,β-unsaturated/α-hetero) is 1. The van der Waals surface area contributed by atoms with Crippen molar-refractivity contribution in [2.45, 2.75) is 6.42 Å². The predicted molar refractivity (Wildman–Crippen MR) is 42.6 cm³/mol. The van der Waals surface area contributed by atoms with E-state index in [0.29, 0.717) is 6.42 Å². The standard InChI is InChI=1S/C8H10N2O2/c1-12-5-8(11)4-7-2-3-9-6-10-7/h2-3,6H,4-5H2,1H3. The molecule has 0 aliphatic heterocycles. The summed E-state index contributed by atoms with van der Waals surface area (Å²) in [6, 6.07) is 1.72. The van der Waals surface area contributed by atoms with Crippen molar-refractivity contribution in [2.24, 2.45) is 0 Å². The first-order valence-corrected chi connectivity index (χ1v) is 3.58. The zero-order chi connectivity index (χ0) is 8.81. The minimum atomic E-state index is 0.0243. The van der Waals surface area contributed by atoms with Crippen molar-refractivity contribution in [3.05, 3.63) is 24.3 Å². The van der Waals surface area contributed by atoms with Gasteiger partial charge >= 0.3 is 0 Å². The molecule has 0 saturated carbocycles. The number of carbonyl (C=O) groups is 1. The molecule has 1 aromatic rings. The first kappa shape index (κ1) is 8.80. The third-order valence-electron chi connectivity index (χ3n) is 1.33. The molecule has 4 heteroatoms. The second-order valence-corrected chi connectivity index (χ2v) is 2.35. The predicted octanol–water partition coefficient (Wildman–Crippen LogP) is 0.235. The van der Waals surface area contributed by atoms with Crippen LogP contribution in [0, 0.1) is 0 Å². The van der Waals surface area contributed by atoms with Crippen molar-refractivity contribution in [2.75, 3.05) is 13.7 Å². The Kier molecular flexibility index (Phi) is 3.35. The number of rotatable bonds is 4. The molecule has 0 bridgehead atoms.